The summed E-state index contributed by atoms with van der Waals surface area (Å²) in [6.45, 7) is 2.77. The first-order chi connectivity index (χ1) is 9.28. The van der Waals surface area contributed by atoms with Crippen LogP contribution >= 0.6 is 11.8 Å². The molecule has 1 aromatic rings. The van der Waals surface area contributed by atoms with Gasteiger partial charge in [0.15, 0.2) is 5.17 Å². The quantitative estimate of drug-likeness (QED) is 0.856. The standard InChI is InChI=1S/C14H19N3OS/c1-2-15-13(18)9-16-14-17-12(10-19-14)8-11-6-4-3-5-7-11/h3-7,12H,2,8-10H2,1H3,(H,15,18)(H,16,17). The molecule has 4 nitrogen and oxygen atoms in total. The normalized spacial score (nSPS) is 20.3. The van der Waals surface area contributed by atoms with E-state index in [1.165, 1.54) is 5.56 Å². The van der Waals surface area contributed by atoms with Crippen LogP contribution in [0.2, 0.25) is 0 Å². The van der Waals surface area contributed by atoms with Crippen molar-refractivity contribution in [3.05, 3.63) is 35.9 Å². The molecule has 1 saturated heterocycles. The first kappa shape index (κ1) is 13.9. The number of hydrogen-bond acceptors (Lipinski definition) is 3. The highest BCUT2D eigenvalue weighted by Crippen LogP contribution is 2.17. The van der Waals surface area contributed by atoms with Gasteiger partial charge in [-0.3, -0.25) is 9.79 Å². The second-order valence-electron chi connectivity index (χ2n) is 4.42. The number of amidine groups is 1. The summed E-state index contributed by atoms with van der Waals surface area (Å²) in [6, 6.07) is 10.8. The Bertz CT molecular complexity index is 447. The largest absolute Gasteiger partial charge is 0.361 e. The predicted octanol–water partition coefficient (Wildman–Crippen LogP) is 1.43. The molecule has 2 rings (SSSR count). The van der Waals surface area contributed by atoms with Crippen LogP contribution in [0.4, 0.5) is 0 Å². The number of amides is 1. The molecule has 1 aliphatic rings. The molecule has 19 heavy (non-hydrogen) atoms. The van der Waals surface area contributed by atoms with Gasteiger partial charge in [0.05, 0.1) is 0 Å². The van der Waals surface area contributed by atoms with Crippen LogP contribution in [0.3, 0.4) is 0 Å². The minimum atomic E-state index is -0.0242. The van der Waals surface area contributed by atoms with Crippen molar-refractivity contribution in [3.8, 4) is 0 Å². The lowest BCUT2D eigenvalue weighted by molar-refractivity contribution is -0.119. The second kappa shape index (κ2) is 7.19. The third kappa shape index (κ3) is 4.59. The summed E-state index contributed by atoms with van der Waals surface area (Å²) >= 11 is 1.69. The number of benzene rings is 1. The fourth-order valence-corrected chi connectivity index (χ4v) is 2.90. The van der Waals surface area contributed by atoms with Gasteiger partial charge in [0.25, 0.3) is 0 Å². The van der Waals surface area contributed by atoms with E-state index in [0.717, 1.165) is 17.3 Å². The number of carbonyl (C=O) groups is 1. The molecule has 0 saturated carbocycles. The molecular formula is C14H19N3OS. The average Bonchev–Trinajstić information content (AvgIpc) is 2.86. The number of hydrogen-bond donors (Lipinski definition) is 2. The van der Waals surface area contributed by atoms with Gasteiger partial charge in [-0.15, -0.1) is 0 Å². The lowest BCUT2D eigenvalue weighted by Gasteiger charge is -2.09. The molecule has 1 heterocycles. The van der Waals surface area contributed by atoms with Crippen molar-refractivity contribution in [1.29, 1.82) is 0 Å². The Morgan fingerprint density at radius 3 is 3.00 bits per heavy atom. The monoisotopic (exact) mass is 277 g/mol. The number of nitrogens with zero attached hydrogens (tertiary/aromatic N) is 1. The Morgan fingerprint density at radius 2 is 2.26 bits per heavy atom. The number of rotatable bonds is 5. The SMILES string of the molecule is CCNC(=O)CN=C1NC(Cc2ccccc2)CS1. The van der Waals surface area contributed by atoms with Crippen LogP contribution in [-0.4, -0.2) is 36.0 Å². The molecule has 1 unspecified atom stereocenters. The number of aliphatic imine (C=N–C) groups is 1. The lowest BCUT2D eigenvalue weighted by Crippen LogP contribution is -2.30. The van der Waals surface area contributed by atoms with Gasteiger partial charge < -0.3 is 10.6 Å². The van der Waals surface area contributed by atoms with Gasteiger partial charge in [-0.25, -0.2) is 0 Å². The molecule has 102 valence electrons. The predicted molar refractivity (Wildman–Crippen MR) is 80.5 cm³/mol. The Kier molecular flexibility index (Phi) is 5.27. The summed E-state index contributed by atoms with van der Waals surface area (Å²) < 4.78 is 0. The van der Waals surface area contributed by atoms with E-state index < -0.39 is 0 Å². The minimum Gasteiger partial charge on any atom is -0.361 e. The summed E-state index contributed by atoms with van der Waals surface area (Å²) in [5.74, 6) is 0.979. The average molecular weight is 277 g/mol. The van der Waals surface area contributed by atoms with Crippen molar-refractivity contribution in [2.45, 2.75) is 19.4 Å². The van der Waals surface area contributed by atoms with Gasteiger partial charge in [0.1, 0.15) is 6.54 Å². The van der Waals surface area contributed by atoms with E-state index in [1.807, 2.05) is 13.0 Å². The van der Waals surface area contributed by atoms with E-state index in [2.05, 4.69) is 39.9 Å². The summed E-state index contributed by atoms with van der Waals surface area (Å²) in [5.41, 5.74) is 1.32. The molecule has 1 amide bonds. The van der Waals surface area contributed by atoms with E-state index in [0.29, 0.717) is 12.6 Å². The van der Waals surface area contributed by atoms with Crippen LogP contribution < -0.4 is 10.6 Å². The third-order valence-corrected chi connectivity index (χ3v) is 3.90. The van der Waals surface area contributed by atoms with E-state index in [-0.39, 0.29) is 12.5 Å². The van der Waals surface area contributed by atoms with Gasteiger partial charge >= 0.3 is 0 Å². The zero-order valence-corrected chi connectivity index (χ0v) is 11.9. The molecule has 0 radical (unpaired) electrons. The molecule has 1 fully saturated rings. The van der Waals surface area contributed by atoms with Crippen LogP contribution in [0.1, 0.15) is 12.5 Å². The Morgan fingerprint density at radius 1 is 1.47 bits per heavy atom. The Hall–Kier alpha value is -1.49. The molecule has 0 bridgehead atoms. The second-order valence-corrected chi connectivity index (χ2v) is 5.43. The van der Waals surface area contributed by atoms with Crippen molar-refractivity contribution in [2.75, 3.05) is 18.8 Å². The van der Waals surface area contributed by atoms with E-state index >= 15 is 0 Å². The highest BCUT2D eigenvalue weighted by molar-refractivity contribution is 8.14. The number of carbonyl (C=O) groups excluding carboxylic acids is 1. The summed E-state index contributed by atoms with van der Waals surface area (Å²) in [4.78, 5) is 15.6. The van der Waals surface area contributed by atoms with E-state index in [9.17, 15) is 4.79 Å². The van der Waals surface area contributed by atoms with Crippen molar-refractivity contribution >= 4 is 22.8 Å². The van der Waals surface area contributed by atoms with Crippen molar-refractivity contribution in [1.82, 2.24) is 10.6 Å². The van der Waals surface area contributed by atoms with Gasteiger partial charge in [-0.05, 0) is 18.9 Å². The zero-order valence-electron chi connectivity index (χ0n) is 11.1. The summed E-state index contributed by atoms with van der Waals surface area (Å²) in [6.07, 6.45) is 0.994. The Labute approximate surface area is 118 Å². The maximum absolute atomic E-state index is 11.3. The van der Waals surface area contributed by atoms with Crippen LogP contribution in [0, 0.1) is 0 Å². The fraction of sp³-hybridized carbons (Fsp3) is 0.429. The van der Waals surface area contributed by atoms with Crippen molar-refractivity contribution < 1.29 is 4.79 Å². The molecule has 2 N–H and O–H groups in total. The highest BCUT2D eigenvalue weighted by atomic mass is 32.2. The number of likely N-dealkylation sites (N-methyl/N-ethyl adjacent to an activating group) is 1. The first-order valence-corrected chi connectivity index (χ1v) is 7.51. The molecule has 1 atom stereocenters. The fourth-order valence-electron chi connectivity index (χ4n) is 1.93. The minimum absolute atomic E-state index is 0.0242. The summed E-state index contributed by atoms with van der Waals surface area (Å²) in [5, 5.41) is 6.99. The van der Waals surface area contributed by atoms with Crippen LogP contribution in [0.5, 0.6) is 0 Å². The zero-order chi connectivity index (χ0) is 13.5. The first-order valence-electron chi connectivity index (χ1n) is 6.52. The van der Waals surface area contributed by atoms with Gasteiger partial charge in [-0.2, -0.15) is 0 Å². The molecule has 5 heteroatoms. The molecule has 0 aliphatic carbocycles. The third-order valence-electron chi connectivity index (χ3n) is 2.81. The maximum Gasteiger partial charge on any atom is 0.241 e. The molecular weight excluding hydrogens is 258 g/mol. The Balaban J connectivity index is 1.80. The van der Waals surface area contributed by atoms with Gasteiger partial charge in [-0.1, -0.05) is 42.1 Å². The molecule has 1 aliphatic heterocycles. The van der Waals surface area contributed by atoms with Crippen LogP contribution in [-0.2, 0) is 11.2 Å². The van der Waals surface area contributed by atoms with Gasteiger partial charge in [0.2, 0.25) is 5.91 Å². The van der Waals surface area contributed by atoms with E-state index in [1.54, 1.807) is 11.8 Å². The summed E-state index contributed by atoms with van der Waals surface area (Å²) in [7, 11) is 0. The topological polar surface area (TPSA) is 53.5 Å². The van der Waals surface area contributed by atoms with Gasteiger partial charge in [0, 0.05) is 18.3 Å². The van der Waals surface area contributed by atoms with Crippen molar-refractivity contribution in [3.63, 3.8) is 0 Å². The van der Waals surface area contributed by atoms with Crippen LogP contribution in [0.25, 0.3) is 0 Å². The highest BCUT2D eigenvalue weighted by Gasteiger charge is 2.20. The number of nitrogens with one attached hydrogen (secondary N) is 2. The maximum atomic E-state index is 11.3. The smallest absolute Gasteiger partial charge is 0.241 e. The molecule has 1 aromatic carbocycles. The van der Waals surface area contributed by atoms with E-state index in [4.69, 9.17) is 0 Å². The molecule has 0 aromatic heterocycles. The molecule has 0 spiro atoms. The van der Waals surface area contributed by atoms with Crippen LogP contribution in [0.15, 0.2) is 35.3 Å². The number of thioether (sulfide) groups is 1. The lowest BCUT2D eigenvalue weighted by atomic mass is 10.1. The van der Waals surface area contributed by atoms with Crippen molar-refractivity contribution in [2.24, 2.45) is 4.99 Å².